The molecule has 1 aliphatic heterocycles. The molecule has 2 aromatic carbocycles. The number of anilines is 2. The fourth-order valence-corrected chi connectivity index (χ4v) is 5.13. The van der Waals surface area contributed by atoms with Crippen LogP contribution in [-0.4, -0.2) is 32.0 Å². The number of halogens is 2. The predicted octanol–water partition coefficient (Wildman–Crippen LogP) is 3.45. The van der Waals surface area contributed by atoms with Crippen LogP contribution in [0.2, 0.25) is 0 Å². The van der Waals surface area contributed by atoms with Gasteiger partial charge in [-0.2, -0.15) is 0 Å². The van der Waals surface area contributed by atoms with Crippen molar-refractivity contribution in [2.24, 2.45) is 5.92 Å². The number of hydrogen-bond donors (Lipinski definition) is 1. The molecule has 1 atom stereocenters. The van der Waals surface area contributed by atoms with Gasteiger partial charge in [-0.25, -0.2) is 17.2 Å². The van der Waals surface area contributed by atoms with E-state index in [9.17, 15) is 26.8 Å². The molecule has 1 aliphatic carbocycles. The SMILES string of the molecule is C[C@H](CC(=O)Nc1ccc(F)cc1F)S(=O)(=O)c1ccc2c(c1)CCN2C(=O)C1CC1. The van der Waals surface area contributed by atoms with Gasteiger partial charge in [0, 0.05) is 30.6 Å². The molecule has 1 saturated carbocycles. The van der Waals surface area contributed by atoms with E-state index in [0.29, 0.717) is 19.0 Å². The number of carbonyl (C=O) groups is 2. The van der Waals surface area contributed by atoms with E-state index in [0.717, 1.165) is 36.2 Å². The van der Waals surface area contributed by atoms with Crippen LogP contribution in [0.15, 0.2) is 41.3 Å². The highest BCUT2D eigenvalue weighted by molar-refractivity contribution is 7.92. The van der Waals surface area contributed by atoms with Crippen LogP contribution >= 0.6 is 0 Å². The zero-order chi connectivity index (χ0) is 22.3. The zero-order valence-corrected chi connectivity index (χ0v) is 17.7. The van der Waals surface area contributed by atoms with E-state index in [-0.39, 0.29) is 28.8 Å². The number of nitrogens with one attached hydrogen (secondary N) is 1. The Bertz CT molecular complexity index is 1160. The minimum atomic E-state index is -3.82. The van der Waals surface area contributed by atoms with Gasteiger partial charge in [-0.15, -0.1) is 0 Å². The summed E-state index contributed by atoms with van der Waals surface area (Å²) in [6, 6.07) is 7.39. The molecule has 0 aromatic heterocycles. The second-order valence-electron chi connectivity index (χ2n) is 8.04. The van der Waals surface area contributed by atoms with Crippen LogP contribution < -0.4 is 10.2 Å². The molecular weight excluding hydrogens is 426 g/mol. The average molecular weight is 448 g/mol. The molecule has 1 fully saturated rings. The largest absolute Gasteiger partial charge is 0.324 e. The molecule has 4 rings (SSSR count). The summed E-state index contributed by atoms with van der Waals surface area (Å²) in [7, 11) is -3.82. The van der Waals surface area contributed by atoms with Gasteiger partial charge in [-0.1, -0.05) is 0 Å². The molecular formula is C22H22F2N2O4S. The van der Waals surface area contributed by atoms with Crippen LogP contribution in [0, 0.1) is 17.6 Å². The Morgan fingerprint density at radius 2 is 1.90 bits per heavy atom. The van der Waals surface area contributed by atoms with Gasteiger partial charge >= 0.3 is 0 Å². The molecule has 6 nitrogen and oxygen atoms in total. The van der Waals surface area contributed by atoms with Crippen molar-refractivity contribution in [3.8, 4) is 0 Å². The lowest BCUT2D eigenvalue weighted by molar-refractivity contribution is -0.119. The molecule has 1 heterocycles. The number of nitrogens with zero attached hydrogens (tertiary/aromatic N) is 1. The van der Waals surface area contributed by atoms with E-state index in [1.165, 1.54) is 13.0 Å². The van der Waals surface area contributed by atoms with Gasteiger partial charge in [0.25, 0.3) is 0 Å². The first-order valence-corrected chi connectivity index (χ1v) is 11.6. The lowest BCUT2D eigenvalue weighted by Gasteiger charge is -2.18. The quantitative estimate of drug-likeness (QED) is 0.734. The second-order valence-corrected chi connectivity index (χ2v) is 10.4. The monoisotopic (exact) mass is 448 g/mol. The summed E-state index contributed by atoms with van der Waals surface area (Å²) < 4.78 is 52.7. The Kier molecular flexibility index (Phi) is 5.55. The maximum absolute atomic E-state index is 13.7. The number of fused-ring (bicyclic) bond motifs is 1. The summed E-state index contributed by atoms with van der Waals surface area (Å²) in [4.78, 5) is 26.4. The second kappa shape index (κ2) is 8.03. The maximum Gasteiger partial charge on any atom is 0.230 e. The molecule has 2 aliphatic rings. The van der Waals surface area contributed by atoms with Gasteiger partial charge in [0.05, 0.1) is 15.8 Å². The van der Waals surface area contributed by atoms with Crippen LogP contribution in [0.4, 0.5) is 20.2 Å². The highest BCUT2D eigenvalue weighted by atomic mass is 32.2. The summed E-state index contributed by atoms with van der Waals surface area (Å²) in [6.45, 7) is 1.95. The maximum atomic E-state index is 13.7. The summed E-state index contributed by atoms with van der Waals surface area (Å²) in [5, 5.41) is 1.22. The fraction of sp³-hybridized carbons (Fsp3) is 0.364. The lowest BCUT2D eigenvalue weighted by atomic mass is 10.2. The van der Waals surface area contributed by atoms with Gasteiger partial charge < -0.3 is 10.2 Å². The first-order chi connectivity index (χ1) is 14.7. The van der Waals surface area contributed by atoms with Crippen molar-refractivity contribution in [1.29, 1.82) is 0 Å². The number of amides is 2. The topological polar surface area (TPSA) is 83.6 Å². The number of hydrogen-bond acceptors (Lipinski definition) is 4. The van der Waals surface area contributed by atoms with E-state index in [1.807, 2.05) is 0 Å². The van der Waals surface area contributed by atoms with Crippen LogP contribution in [0.25, 0.3) is 0 Å². The highest BCUT2D eigenvalue weighted by Crippen LogP contribution is 2.37. The normalized spacial score (nSPS) is 16.7. The molecule has 2 aromatic rings. The van der Waals surface area contributed by atoms with E-state index < -0.39 is 32.6 Å². The fourth-order valence-electron chi connectivity index (χ4n) is 3.73. The molecule has 9 heteroatoms. The standard InChI is InChI=1S/C22H22F2N2O4S/c1-13(10-21(27)25-19-6-4-16(23)12-18(19)24)31(29,30)17-5-7-20-15(11-17)8-9-26(20)22(28)14-2-3-14/h4-7,11-14H,2-3,8-10H2,1H3,(H,25,27)/t13-/m1/s1. The van der Waals surface area contributed by atoms with E-state index in [2.05, 4.69) is 5.32 Å². The summed E-state index contributed by atoms with van der Waals surface area (Å²) >= 11 is 0. The van der Waals surface area contributed by atoms with E-state index in [4.69, 9.17) is 0 Å². The van der Waals surface area contributed by atoms with Crippen molar-refractivity contribution in [2.45, 2.75) is 42.8 Å². The average Bonchev–Trinajstić information content (AvgIpc) is 3.48. The van der Waals surface area contributed by atoms with Crippen LogP contribution in [0.1, 0.15) is 31.7 Å². The number of rotatable bonds is 6. The number of sulfone groups is 1. The Hall–Kier alpha value is -2.81. The van der Waals surface area contributed by atoms with Gasteiger partial charge in [0.2, 0.25) is 11.8 Å². The third-order valence-electron chi connectivity index (χ3n) is 5.68. The first-order valence-electron chi connectivity index (χ1n) is 10.1. The van der Waals surface area contributed by atoms with Gasteiger partial charge in [0.1, 0.15) is 11.6 Å². The van der Waals surface area contributed by atoms with Crippen molar-refractivity contribution in [3.63, 3.8) is 0 Å². The van der Waals surface area contributed by atoms with Crippen molar-refractivity contribution in [1.82, 2.24) is 0 Å². The summed E-state index contributed by atoms with van der Waals surface area (Å²) in [5.74, 6) is -2.23. The van der Waals surface area contributed by atoms with E-state index >= 15 is 0 Å². The Morgan fingerprint density at radius 3 is 2.58 bits per heavy atom. The molecule has 0 radical (unpaired) electrons. The van der Waals surface area contributed by atoms with Crippen molar-refractivity contribution in [2.75, 3.05) is 16.8 Å². The minimum absolute atomic E-state index is 0.0823. The minimum Gasteiger partial charge on any atom is -0.324 e. The van der Waals surface area contributed by atoms with Crippen LogP contribution in [0.5, 0.6) is 0 Å². The van der Waals surface area contributed by atoms with Gasteiger partial charge in [-0.3, -0.25) is 9.59 Å². The Morgan fingerprint density at radius 1 is 1.16 bits per heavy atom. The molecule has 0 spiro atoms. The third-order valence-corrected chi connectivity index (χ3v) is 7.81. The van der Waals surface area contributed by atoms with Crippen molar-refractivity contribution in [3.05, 3.63) is 53.6 Å². The zero-order valence-electron chi connectivity index (χ0n) is 16.9. The highest BCUT2D eigenvalue weighted by Gasteiger charge is 2.37. The summed E-state index contributed by atoms with van der Waals surface area (Å²) in [6.07, 6.45) is 2.00. The molecule has 1 N–H and O–H groups in total. The van der Waals surface area contributed by atoms with Gasteiger partial charge in [-0.05, 0) is 62.1 Å². The molecule has 0 unspecified atom stereocenters. The molecule has 31 heavy (non-hydrogen) atoms. The Balaban J connectivity index is 1.46. The molecule has 0 saturated heterocycles. The number of carbonyl (C=O) groups excluding carboxylic acids is 2. The molecule has 0 bridgehead atoms. The molecule has 2 amide bonds. The third kappa shape index (κ3) is 4.32. The van der Waals surface area contributed by atoms with Gasteiger partial charge in [0.15, 0.2) is 9.84 Å². The summed E-state index contributed by atoms with van der Waals surface area (Å²) in [5.41, 5.74) is 1.32. The first kappa shape index (κ1) is 21.4. The molecule has 164 valence electrons. The van der Waals surface area contributed by atoms with Crippen molar-refractivity contribution >= 4 is 33.0 Å². The lowest BCUT2D eigenvalue weighted by Crippen LogP contribution is -2.30. The van der Waals surface area contributed by atoms with Crippen molar-refractivity contribution < 1.29 is 26.8 Å². The number of benzene rings is 2. The van der Waals surface area contributed by atoms with E-state index in [1.54, 1.807) is 17.0 Å². The Labute approximate surface area is 179 Å². The predicted molar refractivity (Wildman–Crippen MR) is 111 cm³/mol. The van der Waals surface area contributed by atoms with Crippen LogP contribution in [0.3, 0.4) is 0 Å². The van der Waals surface area contributed by atoms with Crippen LogP contribution in [-0.2, 0) is 25.8 Å². The smallest absolute Gasteiger partial charge is 0.230 e.